The molecule has 1 aliphatic rings. The maximum atomic E-state index is 13.7. The topological polar surface area (TPSA) is 49.4 Å². The van der Waals surface area contributed by atoms with Crippen molar-refractivity contribution in [3.05, 3.63) is 99.7 Å². The third kappa shape index (κ3) is 3.94. The van der Waals surface area contributed by atoms with E-state index in [4.69, 9.17) is 11.6 Å². The first kappa shape index (κ1) is 20.8. The van der Waals surface area contributed by atoms with Gasteiger partial charge in [0, 0.05) is 16.8 Å². The average molecular weight is 439 g/mol. The Kier molecular flexibility index (Phi) is 5.33. The summed E-state index contributed by atoms with van der Waals surface area (Å²) in [5.41, 5.74) is 2.92. The maximum absolute atomic E-state index is 13.7. The van der Waals surface area contributed by atoms with Gasteiger partial charge in [-0.1, -0.05) is 29.8 Å². The molecular weight excluding hydrogens is 422 g/mol. The van der Waals surface area contributed by atoms with Gasteiger partial charge in [-0.3, -0.25) is 9.59 Å². The van der Waals surface area contributed by atoms with Gasteiger partial charge in [0.05, 0.1) is 11.3 Å². The second-order valence-corrected chi connectivity index (χ2v) is 7.74. The monoisotopic (exact) mass is 438 g/mol. The smallest absolute Gasteiger partial charge is 0.282 e. The van der Waals surface area contributed by atoms with E-state index in [0.717, 1.165) is 28.2 Å². The summed E-state index contributed by atoms with van der Waals surface area (Å²) in [4.78, 5) is 27.8. The van der Waals surface area contributed by atoms with Crippen molar-refractivity contribution in [2.75, 3.05) is 10.2 Å². The minimum absolute atomic E-state index is 0.0301. The molecule has 156 valence electrons. The number of rotatable bonds is 4. The van der Waals surface area contributed by atoms with E-state index in [9.17, 15) is 18.4 Å². The molecule has 3 aromatic carbocycles. The lowest BCUT2D eigenvalue weighted by atomic mass is 10.0. The molecule has 4 nitrogen and oxygen atoms in total. The highest BCUT2D eigenvalue weighted by molar-refractivity contribution is 6.46. The van der Waals surface area contributed by atoms with E-state index < -0.39 is 23.4 Å². The molecule has 1 N–H and O–H groups in total. The fourth-order valence-corrected chi connectivity index (χ4v) is 3.69. The lowest BCUT2D eigenvalue weighted by Crippen LogP contribution is -2.32. The highest BCUT2D eigenvalue weighted by Crippen LogP contribution is 2.35. The van der Waals surface area contributed by atoms with Crippen LogP contribution in [0.15, 0.2) is 66.4 Å². The molecule has 0 aliphatic carbocycles. The lowest BCUT2D eigenvalue weighted by molar-refractivity contribution is -0.120. The second kappa shape index (κ2) is 7.96. The first-order chi connectivity index (χ1) is 14.7. The summed E-state index contributed by atoms with van der Waals surface area (Å²) in [6, 6.07) is 15.0. The zero-order valence-electron chi connectivity index (χ0n) is 16.7. The molecule has 0 atom stereocenters. The van der Waals surface area contributed by atoms with Gasteiger partial charge in [0.1, 0.15) is 5.70 Å². The molecule has 0 saturated heterocycles. The molecule has 31 heavy (non-hydrogen) atoms. The Hall–Kier alpha value is -3.51. The zero-order chi connectivity index (χ0) is 22.3. The van der Waals surface area contributed by atoms with E-state index in [2.05, 4.69) is 5.32 Å². The molecule has 0 spiro atoms. The van der Waals surface area contributed by atoms with Crippen LogP contribution in [0.1, 0.15) is 16.7 Å². The summed E-state index contributed by atoms with van der Waals surface area (Å²) in [7, 11) is 0. The van der Waals surface area contributed by atoms with Crippen molar-refractivity contribution in [2.24, 2.45) is 0 Å². The molecule has 0 unspecified atom stereocenters. The van der Waals surface area contributed by atoms with Gasteiger partial charge in [0.15, 0.2) is 11.6 Å². The molecule has 0 bridgehead atoms. The minimum atomic E-state index is -1.07. The Morgan fingerprint density at radius 1 is 0.806 bits per heavy atom. The highest BCUT2D eigenvalue weighted by Gasteiger charge is 2.40. The van der Waals surface area contributed by atoms with Crippen LogP contribution in [0.25, 0.3) is 5.57 Å². The lowest BCUT2D eigenvalue weighted by Gasteiger charge is -2.17. The Morgan fingerprint density at radius 2 is 1.45 bits per heavy atom. The van der Waals surface area contributed by atoms with E-state index in [1.807, 2.05) is 19.9 Å². The van der Waals surface area contributed by atoms with E-state index >= 15 is 0 Å². The summed E-state index contributed by atoms with van der Waals surface area (Å²) in [5.74, 6) is -3.20. The molecule has 7 heteroatoms. The Balaban J connectivity index is 1.84. The van der Waals surface area contributed by atoms with Crippen molar-refractivity contribution in [2.45, 2.75) is 13.8 Å². The van der Waals surface area contributed by atoms with Crippen molar-refractivity contribution in [1.82, 2.24) is 0 Å². The number of carbonyl (C=O) groups is 2. The molecule has 0 radical (unpaired) electrons. The van der Waals surface area contributed by atoms with Gasteiger partial charge in [-0.25, -0.2) is 13.7 Å². The number of hydrogen-bond acceptors (Lipinski definition) is 3. The Labute approximate surface area is 182 Å². The maximum Gasteiger partial charge on any atom is 0.282 e. The normalized spacial score (nSPS) is 13.9. The van der Waals surface area contributed by atoms with Crippen LogP contribution in [0.5, 0.6) is 0 Å². The Bertz CT molecular complexity index is 1230. The van der Waals surface area contributed by atoms with Crippen molar-refractivity contribution >= 4 is 40.4 Å². The van der Waals surface area contributed by atoms with Crippen LogP contribution in [0.3, 0.4) is 0 Å². The molecule has 1 aliphatic heterocycles. The van der Waals surface area contributed by atoms with E-state index in [0.29, 0.717) is 16.3 Å². The summed E-state index contributed by atoms with van der Waals surface area (Å²) in [6.45, 7) is 3.74. The van der Waals surface area contributed by atoms with Gasteiger partial charge >= 0.3 is 0 Å². The molecular formula is C24H17ClF2N2O2. The summed E-state index contributed by atoms with van der Waals surface area (Å²) in [6.07, 6.45) is 0. The molecule has 0 fully saturated rings. The number of imide groups is 1. The molecule has 1 heterocycles. The number of benzene rings is 3. The number of anilines is 2. The SMILES string of the molecule is Cc1cc(C)cc(N2C(=O)C(Nc3ccc(F)c(F)c3)=C(c3ccc(Cl)cc3)C2=O)c1. The van der Waals surface area contributed by atoms with Crippen molar-refractivity contribution in [3.63, 3.8) is 0 Å². The van der Waals surface area contributed by atoms with Gasteiger partial charge < -0.3 is 5.32 Å². The fourth-order valence-electron chi connectivity index (χ4n) is 3.56. The highest BCUT2D eigenvalue weighted by atomic mass is 35.5. The second-order valence-electron chi connectivity index (χ2n) is 7.30. The number of nitrogens with one attached hydrogen (secondary N) is 1. The largest absolute Gasteiger partial charge is 0.350 e. The van der Waals surface area contributed by atoms with Crippen LogP contribution in [0, 0.1) is 25.5 Å². The Morgan fingerprint density at radius 3 is 2.06 bits per heavy atom. The summed E-state index contributed by atoms with van der Waals surface area (Å²) < 4.78 is 27.0. The minimum Gasteiger partial charge on any atom is -0.350 e. The molecule has 2 amide bonds. The zero-order valence-corrected chi connectivity index (χ0v) is 17.4. The van der Waals surface area contributed by atoms with E-state index in [1.54, 1.807) is 36.4 Å². The average Bonchev–Trinajstić information content (AvgIpc) is 2.94. The third-order valence-corrected chi connectivity index (χ3v) is 5.12. The molecule has 3 aromatic rings. The van der Waals surface area contributed by atoms with Crippen LogP contribution >= 0.6 is 11.6 Å². The van der Waals surface area contributed by atoms with Crippen LogP contribution in [-0.2, 0) is 9.59 Å². The van der Waals surface area contributed by atoms with Gasteiger partial charge in [0.2, 0.25) is 0 Å². The molecule has 0 saturated carbocycles. The number of aryl methyl sites for hydroxylation is 2. The van der Waals surface area contributed by atoms with Crippen molar-refractivity contribution in [1.29, 1.82) is 0 Å². The fraction of sp³-hybridized carbons (Fsp3) is 0.0833. The van der Waals surface area contributed by atoms with Crippen LogP contribution in [0.2, 0.25) is 5.02 Å². The number of halogens is 3. The van der Waals surface area contributed by atoms with E-state index in [-0.39, 0.29) is 17.0 Å². The van der Waals surface area contributed by atoms with Crippen molar-refractivity contribution < 1.29 is 18.4 Å². The summed E-state index contributed by atoms with van der Waals surface area (Å²) >= 11 is 5.97. The third-order valence-electron chi connectivity index (χ3n) is 4.87. The number of nitrogens with zero attached hydrogens (tertiary/aromatic N) is 1. The van der Waals surface area contributed by atoms with E-state index in [1.165, 1.54) is 6.07 Å². The van der Waals surface area contributed by atoms with Gasteiger partial charge in [-0.2, -0.15) is 0 Å². The molecule has 0 aromatic heterocycles. The van der Waals surface area contributed by atoms with Crippen LogP contribution in [0.4, 0.5) is 20.2 Å². The predicted octanol–water partition coefficient (Wildman–Crippen LogP) is 5.63. The van der Waals surface area contributed by atoms with Crippen LogP contribution < -0.4 is 10.2 Å². The quantitative estimate of drug-likeness (QED) is 0.537. The van der Waals surface area contributed by atoms with Gasteiger partial charge in [-0.05, 0) is 66.9 Å². The molecule has 4 rings (SSSR count). The van der Waals surface area contributed by atoms with Gasteiger partial charge in [-0.15, -0.1) is 0 Å². The number of hydrogen-bond donors (Lipinski definition) is 1. The first-order valence-corrected chi connectivity index (χ1v) is 9.82. The van der Waals surface area contributed by atoms with Gasteiger partial charge in [0.25, 0.3) is 11.8 Å². The number of amides is 2. The predicted molar refractivity (Wildman–Crippen MR) is 117 cm³/mol. The summed E-state index contributed by atoms with van der Waals surface area (Å²) in [5, 5.41) is 3.28. The number of carbonyl (C=O) groups excluding carboxylic acids is 2. The van der Waals surface area contributed by atoms with Crippen molar-refractivity contribution in [3.8, 4) is 0 Å². The first-order valence-electron chi connectivity index (χ1n) is 9.44. The van der Waals surface area contributed by atoms with Crippen LogP contribution in [-0.4, -0.2) is 11.8 Å². The standard InChI is InChI=1S/C24H17ClF2N2O2/c1-13-9-14(2)11-18(10-13)29-23(30)21(15-3-5-16(25)6-4-15)22(24(29)31)28-17-7-8-19(26)20(27)12-17/h3-12,28H,1-2H3.